The van der Waals surface area contributed by atoms with Crippen LogP contribution in [0.25, 0.3) is 0 Å². The molecule has 72 valence electrons. The Bertz CT molecular complexity index is 277. The zero-order valence-electron chi connectivity index (χ0n) is 7.72. The van der Waals surface area contributed by atoms with Crippen LogP contribution in [0.1, 0.15) is 25.5 Å². The molecule has 0 radical (unpaired) electrons. The number of hydrogen-bond acceptors (Lipinski definition) is 1. The van der Waals surface area contributed by atoms with Crippen molar-refractivity contribution in [2.45, 2.75) is 19.9 Å². The molecule has 0 aliphatic heterocycles. The Morgan fingerprint density at radius 2 is 1.62 bits per heavy atom. The summed E-state index contributed by atoms with van der Waals surface area (Å²) in [5.74, 6) is -1.12. The van der Waals surface area contributed by atoms with Crippen LogP contribution < -0.4 is 5.73 Å². The Hall–Kier alpha value is -0.960. The molecule has 0 saturated carbocycles. The van der Waals surface area contributed by atoms with Crippen LogP contribution in [0.2, 0.25) is 0 Å². The van der Waals surface area contributed by atoms with E-state index in [0.717, 1.165) is 0 Å². The molecule has 3 heteroatoms. The third-order valence-corrected chi connectivity index (χ3v) is 2.05. The molecule has 0 fully saturated rings. The largest absolute Gasteiger partial charge is 0.324 e. The monoisotopic (exact) mass is 185 g/mol. The number of hydrogen-bond donors (Lipinski definition) is 1. The molecule has 1 rings (SSSR count). The van der Waals surface area contributed by atoms with E-state index in [1.807, 2.05) is 13.8 Å². The molecule has 0 amide bonds. The van der Waals surface area contributed by atoms with Gasteiger partial charge in [-0.1, -0.05) is 19.9 Å². The highest BCUT2D eigenvalue weighted by molar-refractivity contribution is 5.23. The van der Waals surface area contributed by atoms with Crippen molar-refractivity contribution in [3.8, 4) is 0 Å². The average Bonchev–Trinajstić information content (AvgIpc) is 2.03. The second-order valence-corrected chi connectivity index (χ2v) is 3.41. The van der Waals surface area contributed by atoms with Crippen LogP contribution >= 0.6 is 0 Å². The summed E-state index contributed by atoms with van der Waals surface area (Å²) in [5.41, 5.74) is 5.64. The summed E-state index contributed by atoms with van der Waals surface area (Å²) in [4.78, 5) is 0. The summed E-state index contributed by atoms with van der Waals surface area (Å²) in [6.07, 6.45) is 0. The van der Waals surface area contributed by atoms with E-state index in [1.165, 1.54) is 18.2 Å². The number of nitrogens with two attached hydrogens (primary N) is 1. The van der Waals surface area contributed by atoms with Gasteiger partial charge in [-0.25, -0.2) is 8.78 Å². The van der Waals surface area contributed by atoms with Gasteiger partial charge in [-0.3, -0.25) is 0 Å². The van der Waals surface area contributed by atoms with Gasteiger partial charge in [0, 0.05) is 11.6 Å². The van der Waals surface area contributed by atoms with Crippen molar-refractivity contribution in [2.75, 3.05) is 0 Å². The lowest BCUT2D eigenvalue weighted by Gasteiger charge is -2.17. The van der Waals surface area contributed by atoms with Gasteiger partial charge >= 0.3 is 0 Å². The fraction of sp³-hybridized carbons (Fsp3) is 0.400. The first-order chi connectivity index (χ1) is 6.04. The second-order valence-electron chi connectivity index (χ2n) is 3.41. The predicted molar refractivity (Wildman–Crippen MR) is 48.1 cm³/mol. The lowest BCUT2D eigenvalue weighted by molar-refractivity contribution is 0.454. The van der Waals surface area contributed by atoms with Gasteiger partial charge in [-0.05, 0) is 18.1 Å². The molecule has 0 aliphatic carbocycles. The second kappa shape index (κ2) is 3.83. The first-order valence-electron chi connectivity index (χ1n) is 4.23. The van der Waals surface area contributed by atoms with Crippen molar-refractivity contribution in [2.24, 2.45) is 11.7 Å². The minimum absolute atomic E-state index is 0.0162. The molecule has 0 aromatic heterocycles. The van der Waals surface area contributed by atoms with Crippen LogP contribution in [-0.2, 0) is 0 Å². The van der Waals surface area contributed by atoms with Gasteiger partial charge in [0.15, 0.2) is 0 Å². The van der Waals surface area contributed by atoms with E-state index >= 15 is 0 Å². The van der Waals surface area contributed by atoms with Crippen LogP contribution in [0.5, 0.6) is 0 Å². The SMILES string of the molecule is CC(C)[C@H](N)c1c(F)cccc1F. The van der Waals surface area contributed by atoms with Crippen LogP contribution in [0.4, 0.5) is 8.78 Å². The Labute approximate surface area is 76.6 Å². The molecule has 0 saturated heterocycles. The Morgan fingerprint density at radius 1 is 1.15 bits per heavy atom. The minimum Gasteiger partial charge on any atom is -0.324 e. The van der Waals surface area contributed by atoms with Crippen LogP contribution in [0, 0.1) is 17.6 Å². The standard InChI is InChI=1S/C10H13F2N/c1-6(2)10(13)9-7(11)4-3-5-8(9)12/h3-6,10H,13H2,1-2H3/t10-/m0/s1. The molecule has 1 atom stereocenters. The number of benzene rings is 1. The van der Waals surface area contributed by atoms with Gasteiger partial charge in [0.25, 0.3) is 0 Å². The average molecular weight is 185 g/mol. The van der Waals surface area contributed by atoms with Gasteiger partial charge < -0.3 is 5.73 Å². The van der Waals surface area contributed by atoms with E-state index in [1.54, 1.807) is 0 Å². The summed E-state index contributed by atoms with van der Waals surface area (Å²) in [6, 6.07) is 3.20. The Kier molecular flexibility index (Phi) is 2.98. The fourth-order valence-electron chi connectivity index (χ4n) is 1.16. The third-order valence-electron chi connectivity index (χ3n) is 2.05. The highest BCUT2D eigenvalue weighted by Crippen LogP contribution is 2.24. The first-order valence-corrected chi connectivity index (χ1v) is 4.23. The maximum absolute atomic E-state index is 13.1. The van der Waals surface area contributed by atoms with E-state index in [2.05, 4.69) is 0 Å². The third kappa shape index (κ3) is 2.04. The van der Waals surface area contributed by atoms with Crippen molar-refractivity contribution in [3.63, 3.8) is 0 Å². The predicted octanol–water partition coefficient (Wildman–Crippen LogP) is 2.62. The maximum atomic E-state index is 13.1. The van der Waals surface area contributed by atoms with Gasteiger partial charge in [0.2, 0.25) is 0 Å². The van der Waals surface area contributed by atoms with Gasteiger partial charge in [0.1, 0.15) is 11.6 Å². The summed E-state index contributed by atoms with van der Waals surface area (Å²) in [6.45, 7) is 3.66. The number of rotatable bonds is 2. The van der Waals surface area contributed by atoms with Crippen molar-refractivity contribution in [1.82, 2.24) is 0 Å². The molecule has 0 heterocycles. The quantitative estimate of drug-likeness (QED) is 0.753. The highest BCUT2D eigenvalue weighted by Gasteiger charge is 2.18. The van der Waals surface area contributed by atoms with Gasteiger partial charge in [-0.15, -0.1) is 0 Å². The van der Waals surface area contributed by atoms with Gasteiger partial charge in [0.05, 0.1) is 0 Å². The molecule has 0 unspecified atom stereocenters. The van der Waals surface area contributed by atoms with Crippen molar-refractivity contribution in [1.29, 1.82) is 0 Å². The zero-order chi connectivity index (χ0) is 10.0. The molecule has 1 aromatic rings. The molecular weight excluding hydrogens is 172 g/mol. The van der Waals surface area contributed by atoms with Crippen LogP contribution in [-0.4, -0.2) is 0 Å². The van der Waals surface area contributed by atoms with Crippen LogP contribution in [0.15, 0.2) is 18.2 Å². The van der Waals surface area contributed by atoms with E-state index in [9.17, 15) is 8.78 Å². The summed E-state index contributed by atoms with van der Waals surface area (Å²) in [5, 5.41) is 0. The smallest absolute Gasteiger partial charge is 0.130 e. The molecule has 13 heavy (non-hydrogen) atoms. The van der Waals surface area contributed by atoms with Crippen molar-refractivity contribution >= 4 is 0 Å². The zero-order valence-corrected chi connectivity index (χ0v) is 7.72. The Morgan fingerprint density at radius 3 is 2.00 bits per heavy atom. The molecule has 1 nitrogen and oxygen atoms in total. The van der Waals surface area contributed by atoms with E-state index < -0.39 is 17.7 Å². The van der Waals surface area contributed by atoms with Crippen LogP contribution in [0.3, 0.4) is 0 Å². The van der Waals surface area contributed by atoms with Crippen molar-refractivity contribution < 1.29 is 8.78 Å². The summed E-state index contributed by atoms with van der Waals surface area (Å²) in [7, 11) is 0. The van der Waals surface area contributed by atoms with E-state index in [4.69, 9.17) is 5.73 Å². The lowest BCUT2D eigenvalue weighted by Crippen LogP contribution is -2.19. The molecule has 0 spiro atoms. The Balaban J connectivity index is 3.12. The van der Waals surface area contributed by atoms with E-state index in [0.29, 0.717) is 0 Å². The highest BCUT2D eigenvalue weighted by atomic mass is 19.1. The molecule has 1 aromatic carbocycles. The topological polar surface area (TPSA) is 26.0 Å². The normalized spacial score (nSPS) is 13.4. The van der Waals surface area contributed by atoms with Gasteiger partial charge in [-0.2, -0.15) is 0 Å². The fourth-order valence-corrected chi connectivity index (χ4v) is 1.16. The molecule has 0 bridgehead atoms. The minimum atomic E-state index is -0.582. The molecular formula is C10H13F2N. The number of halogens is 2. The summed E-state index contributed by atoms with van der Waals surface area (Å²) >= 11 is 0. The molecule has 0 aliphatic rings. The molecule has 2 N–H and O–H groups in total. The maximum Gasteiger partial charge on any atom is 0.130 e. The first kappa shape index (κ1) is 10.1. The van der Waals surface area contributed by atoms with E-state index in [-0.39, 0.29) is 11.5 Å². The van der Waals surface area contributed by atoms with Crippen molar-refractivity contribution in [3.05, 3.63) is 35.4 Å². The summed E-state index contributed by atoms with van der Waals surface area (Å²) < 4.78 is 26.3. The lowest BCUT2D eigenvalue weighted by atomic mass is 9.96.